The van der Waals surface area contributed by atoms with Crippen LogP contribution in [0.5, 0.6) is 0 Å². The summed E-state index contributed by atoms with van der Waals surface area (Å²) in [7, 11) is 0. The summed E-state index contributed by atoms with van der Waals surface area (Å²) in [5.41, 5.74) is 1.73. The van der Waals surface area contributed by atoms with Crippen LogP contribution in [0, 0.1) is 17.8 Å². The molecule has 0 amide bonds. The van der Waals surface area contributed by atoms with Crippen molar-refractivity contribution in [1.29, 1.82) is 0 Å². The van der Waals surface area contributed by atoms with Gasteiger partial charge >= 0.3 is 0 Å². The fraction of sp³-hybridized carbons (Fsp3) is 0.846. The van der Waals surface area contributed by atoms with Crippen LogP contribution in [-0.4, -0.2) is 6.61 Å². The van der Waals surface area contributed by atoms with Crippen LogP contribution in [-0.2, 0) is 4.74 Å². The monoisotopic (exact) mass is 192 g/mol. The highest BCUT2D eigenvalue weighted by molar-refractivity contribution is 5.22. The molecule has 0 bridgehead atoms. The third-order valence-electron chi connectivity index (χ3n) is 4.48. The van der Waals surface area contributed by atoms with Crippen molar-refractivity contribution in [2.24, 2.45) is 17.8 Å². The second-order valence-corrected chi connectivity index (χ2v) is 5.25. The highest BCUT2D eigenvalue weighted by atomic mass is 16.5. The highest BCUT2D eigenvalue weighted by Gasteiger charge is 2.38. The smallest absolute Gasteiger partial charge is 0.0957 e. The summed E-state index contributed by atoms with van der Waals surface area (Å²) in [5, 5.41) is 0. The van der Waals surface area contributed by atoms with E-state index in [0.717, 1.165) is 24.4 Å². The molecule has 14 heavy (non-hydrogen) atoms. The van der Waals surface area contributed by atoms with Crippen molar-refractivity contribution >= 4 is 0 Å². The molecular formula is C13H20O. The van der Waals surface area contributed by atoms with Gasteiger partial charge in [-0.25, -0.2) is 0 Å². The van der Waals surface area contributed by atoms with Crippen molar-refractivity contribution in [3.05, 3.63) is 11.3 Å². The van der Waals surface area contributed by atoms with Crippen molar-refractivity contribution in [1.82, 2.24) is 0 Å². The minimum Gasteiger partial charge on any atom is -0.498 e. The number of allylic oxidation sites excluding steroid dienone is 2. The van der Waals surface area contributed by atoms with Crippen molar-refractivity contribution < 1.29 is 4.74 Å². The standard InChI is InChI=1S/C13H20O/c1-9-7-8-14-12-6-5-10-3-2-4-11(10)13(9)12/h9-11H,2-8H2,1H3/t9-,10?,11?/m0/s1. The Labute approximate surface area is 86.5 Å². The van der Waals surface area contributed by atoms with E-state index >= 15 is 0 Å². The first-order valence-corrected chi connectivity index (χ1v) is 6.22. The van der Waals surface area contributed by atoms with Crippen LogP contribution in [0.4, 0.5) is 0 Å². The third-order valence-corrected chi connectivity index (χ3v) is 4.48. The SMILES string of the molecule is C[C@H]1CCOC2=C1C1CCCC1CC2. The van der Waals surface area contributed by atoms with E-state index in [0.29, 0.717) is 0 Å². The predicted octanol–water partition coefficient (Wildman–Crippen LogP) is 3.51. The lowest BCUT2D eigenvalue weighted by Gasteiger charge is -2.37. The average Bonchev–Trinajstić information content (AvgIpc) is 2.65. The molecular weight excluding hydrogens is 172 g/mol. The van der Waals surface area contributed by atoms with Crippen LogP contribution in [0.25, 0.3) is 0 Å². The fourth-order valence-electron chi connectivity index (χ4n) is 3.77. The lowest BCUT2D eigenvalue weighted by atomic mass is 9.73. The number of hydrogen-bond acceptors (Lipinski definition) is 1. The van der Waals surface area contributed by atoms with E-state index in [1.54, 1.807) is 5.57 Å². The van der Waals surface area contributed by atoms with Gasteiger partial charge in [0, 0.05) is 6.42 Å². The van der Waals surface area contributed by atoms with Crippen LogP contribution < -0.4 is 0 Å². The Morgan fingerprint density at radius 3 is 3.00 bits per heavy atom. The van der Waals surface area contributed by atoms with Gasteiger partial charge in [-0.15, -0.1) is 0 Å². The van der Waals surface area contributed by atoms with Crippen LogP contribution in [0.3, 0.4) is 0 Å². The molecule has 3 rings (SSSR count). The minimum atomic E-state index is 0.810. The molecule has 0 radical (unpaired) electrons. The fourth-order valence-corrected chi connectivity index (χ4v) is 3.77. The molecule has 0 aromatic heterocycles. The Kier molecular flexibility index (Phi) is 2.07. The molecule has 78 valence electrons. The lowest BCUT2D eigenvalue weighted by molar-refractivity contribution is 0.128. The van der Waals surface area contributed by atoms with E-state index in [1.807, 2.05) is 0 Å². The summed E-state index contributed by atoms with van der Waals surface area (Å²) < 4.78 is 5.84. The van der Waals surface area contributed by atoms with Gasteiger partial charge in [-0.2, -0.15) is 0 Å². The van der Waals surface area contributed by atoms with Gasteiger partial charge in [0.1, 0.15) is 0 Å². The van der Waals surface area contributed by atoms with Gasteiger partial charge in [-0.3, -0.25) is 0 Å². The largest absolute Gasteiger partial charge is 0.498 e. The molecule has 3 aliphatic rings. The molecule has 1 aliphatic heterocycles. The number of hydrogen-bond donors (Lipinski definition) is 0. The van der Waals surface area contributed by atoms with E-state index in [9.17, 15) is 0 Å². The summed E-state index contributed by atoms with van der Waals surface area (Å²) in [5.74, 6) is 4.13. The van der Waals surface area contributed by atoms with Crippen molar-refractivity contribution in [3.8, 4) is 0 Å². The lowest BCUT2D eigenvalue weighted by Crippen LogP contribution is -2.27. The molecule has 0 aromatic rings. The van der Waals surface area contributed by atoms with Gasteiger partial charge in [-0.1, -0.05) is 13.3 Å². The second-order valence-electron chi connectivity index (χ2n) is 5.25. The van der Waals surface area contributed by atoms with E-state index in [4.69, 9.17) is 4.74 Å². The zero-order chi connectivity index (χ0) is 9.54. The van der Waals surface area contributed by atoms with Crippen molar-refractivity contribution in [3.63, 3.8) is 0 Å². The zero-order valence-corrected chi connectivity index (χ0v) is 9.09. The van der Waals surface area contributed by atoms with Crippen molar-refractivity contribution in [2.75, 3.05) is 6.61 Å². The summed E-state index contributed by atoms with van der Waals surface area (Å²) in [6.07, 6.45) is 8.27. The molecule has 1 fully saturated rings. The summed E-state index contributed by atoms with van der Waals surface area (Å²) >= 11 is 0. The molecule has 1 saturated carbocycles. The van der Waals surface area contributed by atoms with E-state index in [1.165, 1.54) is 44.3 Å². The molecule has 0 N–H and O–H groups in total. The van der Waals surface area contributed by atoms with Crippen LogP contribution in [0.2, 0.25) is 0 Å². The van der Waals surface area contributed by atoms with Crippen LogP contribution in [0.1, 0.15) is 45.4 Å². The van der Waals surface area contributed by atoms with Crippen LogP contribution >= 0.6 is 0 Å². The Hall–Kier alpha value is -0.460. The molecule has 0 aromatic carbocycles. The maximum absolute atomic E-state index is 5.84. The molecule has 2 aliphatic carbocycles. The summed E-state index contributed by atoms with van der Waals surface area (Å²) in [4.78, 5) is 0. The Morgan fingerprint density at radius 2 is 2.07 bits per heavy atom. The topological polar surface area (TPSA) is 9.23 Å². The van der Waals surface area contributed by atoms with Gasteiger partial charge in [0.05, 0.1) is 12.4 Å². The zero-order valence-electron chi connectivity index (χ0n) is 9.09. The Morgan fingerprint density at radius 1 is 1.14 bits per heavy atom. The Bertz CT molecular complexity index is 266. The third kappa shape index (κ3) is 1.21. The number of ether oxygens (including phenoxy) is 1. The molecule has 0 spiro atoms. The normalized spacial score (nSPS) is 41.6. The van der Waals surface area contributed by atoms with Gasteiger partial charge in [0.15, 0.2) is 0 Å². The van der Waals surface area contributed by atoms with E-state index < -0.39 is 0 Å². The maximum Gasteiger partial charge on any atom is 0.0957 e. The number of fused-ring (bicyclic) bond motifs is 2. The van der Waals surface area contributed by atoms with Gasteiger partial charge in [-0.05, 0) is 49.0 Å². The molecule has 1 nitrogen and oxygen atoms in total. The first-order valence-electron chi connectivity index (χ1n) is 6.22. The summed E-state index contributed by atoms with van der Waals surface area (Å²) in [6, 6.07) is 0. The second kappa shape index (κ2) is 3.29. The quantitative estimate of drug-likeness (QED) is 0.570. The molecule has 1 heterocycles. The first kappa shape index (κ1) is 8.82. The van der Waals surface area contributed by atoms with Gasteiger partial charge in [0.2, 0.25) is 0 Å². The van der Waals surface area contributed by atoms with Crippen molar-refractivity contribution in [2.45, 2.75) is 45.4 Å². The molecule has 0 saturated heterocycles. The van der Waals surface area contributed by atoms with E-state index in [-0.39, 0.29) is 0 Å². The average molecular weight is 192 g/mol. The molecule has 3 atom stereocenters. The number of rotatable bonds is 0. The predicted molar refractivity (Wildman–Crippen MR) is 56.8 cm³/mol. The van der Waals surface area contributed by atoms with E-state index in [2.05, 4.69) is 6.92 Å². The minimum absolute atomic E-state index is 0.810. The molecule has 1 heteroatoms. The first-order chi connectivity index (χ1) is 6.86. The van der Waals surface area contributed by atoms with Crippen LogP contribution in [0.15, 0.2) is 11.3 Å². The summed E-state index contributed by atoms with van der Waals surface area (Å²) in [6.45, 7) is 3.37. The maximum atomic E-state index is 5.84. The van der Waals surface area contributed by atoms with Gasteiger partial charge < -0.3 is 4.74 Å². The Balaban J connectivity index is 1.95. The highest BCUT2D eigenvalue weighted by Crippen LogP contribution is 2.49. The molecule has 2 unspecified atom stereocenters. The van der Waals surface area contributed by atoms with Gasteiger partial charge in [0.25, 0.3) is 0 Å².